The van der Waals surface area contributed by atoms with Gasteiger partial charge in [0.2, 0.25) is 0 Å². The van der Waals surface area contributed by atoms with Crippen LogP contribution in [-0.4, -0.2) is 4.98 Å². The SMILES string of the molecule is CC1(C)c2ccccc2N(c2cccc(-c3ccc4c(c3)nc(-c3ccccc3)c3ccc5sc6ccccc6c5c34)c2)c2ccccc21. The Hall–Kier alpha value is -5.77. The molecule has 3 heteroatoms. The van der Waals surface area contributed by atoms with E-state index in [1.165, 1.54) is 64.4 Å². The van der Waals surface area contributed by atoms with Gasteiger partial charge in [0.05, 0.1) is 22.6 Å². The summed E-state index contributed by atoms with van der Waals surface area (Å²) in [4.78, 5) is 7.84. The first-order chi connectivity index (χ1) is 24.1. The number of benzene rings is 7. The van der Waals surface area contributed by atoms with Gasteiger partial charge in [-0.3, -0.25) is 0 Å². The number of nitrogens with zero attached hydrogens (tertiary/aromatic N) is 2. The van der Waals surface area contributed by atoms with Crippen molar-refractivity contribution >= 4 is 70.2 Å². The molecule has 0 bridgehead atoms. The van der Waals surface area contributed by atoms with E-state index in [0.29, 0.717) is 0 Å². The highest BCUT2D eigenvalue weighted by molar-refractivity contribution is 7.26. The molecule has 2 aromatic heterocycles. The fourth-order valence-electron chi connectivity index (χ4n) is 8.08. The highest BCUT2D eigenvalue weighted by atomic mass is 32.1. The number of rotatable bonds is 3. The Morgan fingerprint density at radius 3 is 1.94 bits per heavy atom. The number of aromatic nitrogens is 1. The Morgan fingerprint density at radius 1 is 0.490 bits per heavy atom. The smallest absolute Gasteiger partial charge is 0.0788 e. The molecule has 0 spiro atoms. The van der Waals surface area contributed by atoms with Crippen LogP contribution in [0, 0.1) is 0 Å². The van der Waals surface area contributed by atoms with Crippen molar-refractivity contribution in [1.82, 2.24) is 4.98 Å². The van der Waals surface area contributed by atoms with Crippen molar-refractivity contribution in [1.29, 1.82) is 0 Å². The average molecular weight is 645 g/mol. The van der Waals surface area contributed by atoms with Gasteiger partial charge in [-0.25, -0.2) is 4.98 Å². The van der Waals surface area contributed by atoms with Crippen LogP contribution in [0.4, 0.5) is 17.1 Å². The first-order valence-corrected chi connectivity index (χ1v) is 17.7. The van der Waals surface area contributed by atoms with E-state index in [0.717, 1.165) is 28.0 Å². The fourth-order valence-corrected chi connectivity index (χ4v) is 9.19. The monoisotopic (exact) mass is 644 g/mol. The van der Waals surface area contributed by atoms with Gasteiger partial charge in [-0.05, 0) is 64.7 Å². The summed E-state index contributed by atoms with van der Waals surface area (Å²) in [5.74, 6) is 0. The average Bonchev–Trinajstić information content (AvgIpc) is 3.54. The number of anilines is 3. The number of pyridine rings is 1. The summed E-state index contributed by atoms with van der Waals surface area (Å²) in [7, 11) is 0. The number of hydrogen-bond donors (Lipinski definition) is 0. The molecular weight excluding hydrogens is 613 g/mol. The van der Waals surface area contributed by atoms with Crippen molar-refractivity contribution in [3.63, 3.8) is 0 Å². The molecule has 49 heavy (non-hydrogen) atoms. The van der Waals surface area contributed by atoms with Gasteiger partial charge in [-0.2, -0.15) is 0 Å². The van der Waals surface area contributed by atoms with Gasteiger partial charge in [0.1, 0.15) is 0 Å². The van der Waals surface area contributed by atoms with Gasteiger partial charge in [0.15, 0.2) is 0 Å². The maximum atomic E-state index is 5.41. The summed E-state index contributed by atoms with van der Waals surface area (Å²) in [5.41, 5.74) is 11.7. The minimum Gasteiger partial charge on any atom is -0.310 e. The van der Waals surface area contributed by atoms with Crippen LogP contribution in [0.5, 0.6) is 0 Å². The molecule has 1 aliphatic rings. The lowest BCUT2D eigenvalue weighted by Gasteiger charge is -2.42. The molecule has 232 valence electrons. The normalized spacial score (nSPS) is 13.6. The molecule has 0 aliphatic carbocycles. The maximum absolute atomic E-state index is 5.41. The van der Waals surface area contributed by atoms with E-state index < -0.39 is 0 Å². The minimum atomic E-state index is -0.0935. The Morgan fingerprint density at radius 2 is 1.14 bits per heavy atom. The van der Waals surface area contributed by atoms with Crippen molar-refractivity contribution in [2.75, 3.05) is 4.90 Å². The number of hydrogen-bond acceptors (Lipinski definition) is 3. The first-order valence-electron chi connectivity index (χ1n) is 16.9. The molecule has 0 saturated carbocycles. The molecule has 0 fully saturated rings. The predicted molar refractivity (Wildman–Crippen MR) is 210 cm³/mol. The highest BCUT2D eigenvalue weighted by Gasteiger charge is 2.36. The second-order valence-corrected chi connectivity index (χ2v) is 14.6. The quantitative estimate of drug-likeness (QED) is 0.178. The van der Waals surface area contributed by atoms with Crippen LogP contribution in [0.1, 0.15) is 25.0 Å². The molecule has 0 atom stereocenters. The number of para-hydroxylation sites is 2. The van der Waals surface area contributed by atoms with Crippen LogP contribution < -0.4 is 4.90 Å². The maximum Gasteiger partial charge on any atom is 0.0788 e. The van der Waals surface area contributed by atoms with Gasteiger partial charge in [-0.15, -0.1) is 11.3 Å². The molecule has 0 amide bonds. The molecule has 10 rings (SSSR count). The lowest BCUT2D eigenvalue weighted by Crippen LogP contribution is -2.30. The van der Waals surface area contributed by atoms with Crippen molar-refractivity contribution in [3.8, 4) is 22.4 Å². The van der Waals surface area contributed by atoms with Crippen LogP contribution in [0.2, 0.25) is 0 Å². The summed E-state index contributed by atoms with van der Waals surface area (Å²) in [6, 6.07) is 57.5. The van der Waals surface area contributed by atoms with Crippen molar-refractivity contribution in [2.24, 2.45) is 0 Å². The molecule has 0 radical (unpaired) electrons. The lowest BCUT2D eigenvalue weighted by atomic mass is 9.73. The van der Waals surface area contributed by atoms with Crippen molar-refractivity contribution < 1.29 is 0 Å². The number of fused-ring (bicyclic) bond motifs is 9. The molecule has 2 nitrogen and oxygen atoms in total. The van der Waals surface area contributed by atoms with Crippen molar-refractivity contribution in [3.05, 3.63) is 169 Å². The van der Waals surface area contributed by atoms with Gasteiger partial charge < -0.3 is 4.90 Å². The Balaban J connectivity index is 1.20. The van der Waals surface area contributed by atoms with Gasteiger partial charge in [0, 0.05) is 53.0 Å². The van der Waals surface area contributed by atoms with Gasteiger partial charge >= 0.3 is 0 Å². The van der Waals surface area contributed by atoms with E-state index >= 15 is 0 Å². The molecule has 3 heterocycles. The molecule has 1 aliphatic heterocycles. The Bertz CT molecular complexity index is 2710. The standard InChI is InChI=1S/C46H32N2S/c1-46(2)36-18-7-9-20-39(36)48(40-21-10-8-19-37(40)46)32-16-12-15-30(27-32)31-23-24-33-38(28-31)47-45(29-13-4-3-5-14-29)35-25-26-42-44(43(33)35)34-17-6-11-22-41(34)49-42/h3-28H,1-2H3. The number of thiophene rings is 1. The fraction of sp³-hybridized carbons (Fsp3) is 0.0652. The van der Waals surface area contributed by atoms with E-state index in [1.54, 1.807) is 0 Å². The summed E-state index contributed by atoms with van der Waals surface area (Å²) >= 11 is 1.87. The van der Waals surface area contributed by atoms with E-state index in [-0.39, 0.29) is 5.41 Å². The van der Waals surface area contributed by atoms with E-state index in [4.69, 9.17) is 4.98 Å². The first kappa shape index (κ1) is 28.3. The zero-order valence-electron chi connectivity index (χ0n) is 27.3. The summed E-state index contributed by atoms with van der Waals surface area (Å²) in [6.45, 7) is 4.67. The van der Waals surface area contributed by atoms with Crippen LogP contribution in [0.3, 0.4) is 0 Å². The molecule has 0 saturated heterocycles. The van der Waals surface area contributed by atoms with E-state index in [9.17, 15) is 0 Å². The third-order valence-electron chi connectivity index (χ3n) is 10.4. The summed E-state index contributed by atoms with van der Waals surface area (Å²) < 4.78 is 2.62. The topological polar surface area (TPSA) is 16.1 Å². The Labute approximate surface area is 289 Å². The second kappa shape index (κ2) is 10.6. The Kier molecular flexibility index (Phi) is 6.12. The molecule has 0 unspecified atom stereocenters. The zero-order valence-corrected chi connectivity index (χ0v) is 28.1. The molecule has 7 aromatic carbocycles. The van der Waals surface area contributed by atoms with Crippen molar-refractivity contribution in [2.45, 2.75) is 19.3 Å². The predicted octanol–water partition coefficient (Wildman–Crippen LogP) is 13.2. The summed E-state index contributed by atoms with van der Waals surface area (Å²) in [6.07, 6.45) is 0. The highest BCUT2D eigenvalue weighted by Crippen LogP contribution is 2.52. The molecular formula is C46H32N2S. The molecule has 9 aromatic rings. The minimum absolute atomic E-state index is 0.0935. The third kappa shape index (κ3) is 4.22. The largest absolute Gasteiger partial charge is 0.310 e. The van der Waals surface area contributed by atoms with Gasteiger partial charge in [-0.1, -0.05) is 129 Å². The zero-order chi connectivity index (χ0) is 32.7. The second-order valence-electron chi connectivity index (χ2n) is 13.6. The van der Waals surface area contributed by atoms with E-state index in [1.807, 2.05) is 11.3 Å². The van der Waals surface area contributed by atoms with Crippen LogP contribution >= 0.6 is 11.3 Å². The molecule has 0 N–H and O–H groups in total. The van der Waals surface area contributed by atoms with Crippen LogP contribution in [0.25, 0.3) is 64.2 Å². The van der Waals surface area contributed by atoms with E-state index in [2.05, 4.69) is 176 Å². The lowest BCUT2D eigenvalue weighted by molar-refractivity contribution is 0.632. The van der Waals surface area contributed by atoms with Crippen LogP contribution in [0.15, 0.2) is 158 Å². The van der Waals surface area contributed by atoms with Crippen LogP contribution in [-0.2, 0) is 5.41 Å². The van der Waals surface area contributed by atoms with Gasteiger partial charge in [0.25, 0.3) is 0 Å². The summed E-state index contributed by atoms with van der Waals surface area (Å²) in [5, 5.41) is 6.28. The third-order valence-corrected chi connectivity index (χ3v) is 11.6.